The van der Waals surface area contributed by atoms with Crippen molar-refractivity contribution >= 4 is 0 Å². The van der Waals surface area contributed by atoms with Crippen LogP contribution in [0.3, 0.4) is 0 Å². The molecular weight excluding hydrogens is 260 g/mol. The van der Waals surface area contributed by atoms with E-state index in [1.54, 1.807) is 0 Å². The highest BCUT2D eigenvalue weighted by Gasteiger charge is 2.23. The first-order chi connectivity index (χ1) is 10.4. The zero-order chi connectivity index (χ0) is 14.1. The van der Waals surface area contributed by atoms with E-state index in [9.17, 15) is 0 Å². The second kappa shape index (κ2) is 5.62. The minimum atomic E-state index is 0.530. The molecule has 1 aromatic heterocycles. The molecule has 110 valence electrons. The van der Waals surface area contributed by atoms with Crippen molar-refractivity contribution in [1.82, 2.24) is 20.2 Å². The Morgan fingerprint density at radius 1 is 1.14 bits per heavy atom. The van der Waals surface area contributed by atoms with Gasteiger partial charge in [-0.2, -0.15) is 0 Å². The third-order valence-electron chi connectivity index (χ3n) is 4.81. The number of imidazole rings is 1. The summed E-state index contributed by atoms with van der Waals surface area (Å²) in [7, 11) is 0. The van der Waals surface area contributed by atoms with Crippen LogP contribution >= 0.6 is 0 Å². The molecule has 0 fully saturated rings. The molecule has 0 radical (unpaired) electrons. The molecule has 0 aliphatic carbocycles. The number of rotatable bonds is 2. The van der Waals surface area contributed by atoms with Gasteiger partial charge in [-0.05, 0) is 24.0 Å². The van der Waals surface area contributed by atoms with Crippen molar-refractivity contribution < 1.29 is 0 Å². The highest BCUT2D eigenvalue weighted by atomic mass is 15.2. The summed E-state index contributed by atoms with van der Waals surface area (Å²) in [4.78, 5) is 10.3. The third kappa shape index (κ3) is 2.74. The standard InChI is InChI=1S/C17H22N4/c1-2-4-14-6-8-21(7-5-13(14)3-1)11-15-9-16-17(10-18-15)20-12-19-16/h1-4,12,15,18H,5-11H2,(H,19,20). The third-order valence-corrected chi connectivity index (χ3v) is 4.81. The molecule has 4 rings (SSSR count). The molecule has 2 aliphatic rings. The van der Waals surface area contributed by atoms with Gasteiger partial charge in [0.25, 0.3) is 0 Å². The van der Waals surface area contributed by atoms with Crippen LogP contribution < -0.4 is 5.32 Å². The SMILES string of the molecule is c1ccc2c(c1)CCN(CC1Cc3nc[nH]c3CN1)CC2. The summed E-state index contributed by atoms with van der Waals surface area (Å²) in [6.07, 6.45) is 5.21. The fraction of sp³-hybridized carbons (Fsp3) is 0.471. The number of hydrogen-bond donors (Lipinski definition) is 2. The van der Waals surface area contributed by atoms with Crippen LogP contribution in [0.15, 0.2) is 30.6 Å². The number of nitrogens with zero attached hydrogens (tertiary/aromatic N) is 2. The summed E-state index contributed by atoms with van der Waals surface area (Å²) in [6.45, 7) is 4.39. The Hall–Kier alpha value is -1.65. The number of benzene rings is 1. The lowest BCUT2D eigenvalue weighted by Crippen LogP contribution is -2.45. The van der Waals surface area contributed by atoms with Crippen molar-refractivity contribution in [1.29, 1.82) is 0 Å². The van der Waals surface area contributed by atoms with Gasteiger partial charge in [0.1, 0.15) is 0 Å². The Morgan fingerprint density at radius 2 is 1.90 bits per heavy atom. The van der Waals surface area contributed by atoms with Crippen molar-refractivity contribution in [2.45, 2.75) is 31.8 Å². The first-order valence-electron chi connectivity index (χ1n) is 7.92. The predicted molar refractivity (Wildman–Crippen MR) is 83.2 cm³/mol. The number of aromatic amines is 1. The Kier molecular flexibility index (Phi) is 3.49. The molecule has 4 nitrogen and oxygen atoms in total. The summed E-state index contributed by atoms with van der Waals surface area (Å²) in [6, 6.07) is 9.43. The van der Waals surface area contributed by atoms with E-state index in [1.165, 1.54) is 48.4 Å². The normalized spacial score (nSPS) is 22.4. The Bertz CT molecular complexity index is 592. The Labute approximate surface area is 125 Å². The number of fused-ring (bicyclic) bond motifs is 2. The molecule has 0 amide bonds. The molecule has 4 heteroatoms. The predicted octanol–water partition coefficient (Wildman–Crippen LogP) is 1.52. The Balaban J connectivity index is 1.39. The van der Waals surface area contributed by atoms with E-state index in [0.717, 1.165) is 19.5 Å². The van der Waals surface area contributed by atoms with Gasteiger partial charge in [-0.25, -0.2) is 4.98 Å². The van der Waals surface area contributed by atoms with Crippen molar-refractivity contribution in [3.63, 3.8) is 0 Å². The summed E-state index contributed by atoms with van der Waals surface area (Å²) in [5.74, 6) is 0. The van der Waals surface area contributed by atoms with Crippen LogP contribution in [0.5, 0.6) is 0 Å². The monoisotopic (exact) mass is 282 g/mol. The number of nitrogens with one attached hydrogen (secondary N) is 2. The first-order valence-corrected chi connectivity index (χ1v) is 7.92. The Morgan fingerprint density at radius 3 is 2.67 bits per heavy atom. The van der Waals surface area contributed by atoms with Crippen LogP contribution in [0, 0.1) is 0 Å². The molecule has 0 saturated heterocycles. The average molecular weight is 282 g/mol. The first kappa shape index (κ1) is 13.0. The molecule has 21 heavy (non-hydrogen) atoms. The van der Waals surface area contributed by atoms with Gasteiger partial charge in [0.05, 0.1) is 17.7 Å². The van der Waals surface area contributed by atoms with Crippen LogP contribution in [-0.2, 0) is 25.8 Å². The van der Waals surface area contributed by atoms with E-state index in [1.807, 2.05) is 6.33 Å². The lowest BCUT2D eigenvalue weighted by molar-refractivity contribution is 0.244. The molecule has 2 aliphatic heterocycles. The topological polar surface area (TPSA) is 44.0 Å². The van der Waals surface area contributed by atoms with Crippen LogP contribution in [0.1, 0.15) is 22.5 Å². The molecule has 0 bridgehead atoms. The second-order valence-electron chi connectivity index (χ2n) is 6.18. The molecular formula is C17H22N4. The minimum Gasteiger partial charge on any atom is -0.347 e. The minimum absolute atomic E-state index is 0.530. The molecule has 1 unspecified atom stereocenters. The smallest absolute Gasteiger partial charge is 0.0925 e. The zero-order valence-corrected chi connectivity index (χ0v) is 12.3. The highest BCUT2D eigenvalue weighted by molar-refractivity contribution is 5.28. The maximum Gasteiger partial charge on any atom is 0.0925 e. The molecule has 1 atom stereocenters. The van der Waals surface area contributed by atoms with E-state index >= 15 is 0 Å². The van der Waals surface area contributed by atoms with Gasteiger partial charge in [-0.1, -0.05) is 24.3 Å². The van der Waals surface area contributed by atoms with E-state index in [2.05, 4.69) is 44.5 Å². The molecule has 1 aromatic carbocycles. The molecule has 0 saturated carbocycles. The van der Waals surface area contributed by atoms with Crippen LogP contribution in [-0.4, -0.2) is 40.5 Å². The van der Waals surface area contributed by atoms with Crippen LogP contribution in [0.4, 0.5) is 0 Å². The number of aromatic nitrogens is 2. The fourth-order valence-electron chi connectivity index (χ4n) is 3.57. The van der Waals surface area contributed by atoms with Gasteiger partial charge in [0.2, 0.25) is 0 Å². The maximum absolute atomic E-state index is 4.44. The fourth-order valence-corrected chi connectivity index (χ4v) is 3.57. The van der Waals surface area contributed by atoms with Crippen molar-refractivity contribution in [2.24, 2.45) is 0 Å². The average Bonchev–Trinajstić information content (AvgIpc) is 2.89. The summed E-state index contributed by atoms with van der Waals surface area (Å²) < 4.78 is 0. The molecule has 2 N–H and O–H groups in total. The van der Waals surface area contributed by atoms with Gasteiger partial charge < -0.3 is 15.2 Å². The summed E-state index contributed by atoms with van der Waals surface area (Å²) in [5, 5.41) is 3.64. The van der Waals surface area contributed by atoms with Crippen molar-refractivity contribution in [2.75, 3.05) is 19.6 Å². The summed E-state index contributed by atoms with van der Waals surface area (Å²) in [5.41, 5.74) is 5.57. The van der Waals surface area contributed by atoms with Crippen LogP contribution in [0.25, 0.3) is 0 Å². The largest absolute Gasteiger partial charge is 0.347 e. The van der Waals surface area contributed by atoms with Gasteiger partial charge in [0, 0.05) is 38.6 Å². The lowest BCUT2D eigenvalue weighted by atomic mass is 10.0. The number of hydrogen-bond acceptors (Lipinski definition) is 3. The zero-order valence-electron chi connectivity index (χ0n) is 12.3. The summed E-state index contributed by atoms with van der Waals surface area (Å²) >= 11 is 0. The maximum atomic E-state index is 4.44. The highest BCUT2D eigenvalue weighted by Crippen LogP contribution is 2.17. The van der Waals surface area contributed by atoms with Gasteiger partial charge in [0.15, 0.2) is 0 Å². The van der Waals surface area contributed by atoms with Gasteiger partial charge in [-0.3, -0.25) is 0 Å². The quantitative estimate of drug-likeness (QED) is 0.878. The molecule has 3 heterocycles. The van der Waals surface area contributed by atoms with Crippen molar-refractivity contribution in [3.8, 4) is 0 Å². The number of H-pyrrole nitrogens is 1. The van der Waals surface area contributed by atoms with Crippen molar-refractivity contribution in [3.05, 3.63) is 53.1 Å². The van der Waals surface area contributed by atoms with Gasteiger partial charge >= 0.3 is 0 Å². The molecule has 0 spiro atoms. The van der Waals surface area contributed by atoms with E-state index < -0.39 is 0 Å². The van der Waals surface area contributed by atoms with E-state index in [-0.39, 0.29) is 0 Å². The molecule has 2 aromatic rings. The lowest BCUT2D eigenvalue weighted by Gasteiger charge is -2.29. The van der Waals surface area contributed by atoms with Gasteiger partial charge in [-0.15, -0.1) is 0 Å². The van der Waals surface area contributed by atoms with Crippen LogP contribution in [0.2, 0.25) is 0 Å². The van der Waals surface area contributed by atoms with E-state index in [4.69, 9.17) is 0 Å². The van der Waals surface area contributed by atoms with E-state index in [0.29, 0.717) is 6.04 Å². The second-order valence-corrected chi connectivity index (χ2v) is 6.18.